The van der Waals surface area contributed by atoms with E-state index >= 15 is 0 Å². The first-order valence-electron chi connectivity index (χ1n) is 7.07. The maximum absolute atomic E-state index is 12.5. The van der Waals surface area contributed by atoms with E-state index in [1.54, 1.807) is 31.2 Å². The number of aryl methyl sites for hydroxylation is 1. The van der Waals surface area contributed by atoms with E-state index in [0.717, 1.165) is 5.56 Å². The fourth-order valence-corrected chi connectivity index (χ4v) is 4.31. The Morgan fingerprint density at radius 3 is 2.52 bits per heavy atom. The Hall–Kier alpha value is -1.56. The minimum Gasteiger partial charge on any atom is -0.435 e. The Bertz CT molecular complexity index is 591. The second kappa shape index (κ2) is 6.47. The summed E-state index contributed by atoms with van der Waals surface area (Å²) in [5.74, 6) is 0. The molecule has 0 N–H and O–H groups in total. The highest BCUT2D eigenvalue weighted by Gasteiger charge is 2.37. The zero-order valence-corrected chi connectivity index (χ0v) is 13.1. The number of hydrogen-bond donors (Lipinski definition) is 0. The quantitative estimate of drug-likeness (QED) is 0.800. The van der Waals surface area contributed by atoms with Crippen LogP contribution in [0.15, 0.2) is 29.2 Å². The number of benzene rings is 1. The van der Waals surface area contributed by atoms with E-state index in [-0.39, 0.29) is 12.7 Å². The van der Waals surface area contributed by atoms with Crippen LogP contribution in [0.3, 0.4) is 0 Å². The summed E-state index contributed by atoms with van der Waals surface area (Å²) in [4.78, 5) is 11.6. The van der Waals surface area contributed by atoms with Crippen molar-refractivity contribution in [2.75, 3.05) is 6.61 Å². The van der Waals surface area contributed by atoms with E-state index in [0.29, 0.717) is 24.2 Å². The Kier molecular flexibility index (Phi) is 4.88. The van der Waals surface area contributed by atoms with E-state index in [4.69, 9.17) is 9.47 Å². The Labute approximate surface area is 125 Å². The molecule has 1 aromatic rings. The highest BCUT2D eigenvalue weighted by Crippen LogP contribution is 2.31. The van der Waals surface area contributed by atoms with Crippen LogP contribution < -0.4 is 0 Å². The van der Waals surface area contributed by atoms with Gasteiger partial charge < -0.3 is 9.47 Å². The van der Waals surface area contributed by atoms with Crippen molar-refractivity contribution in [3.05, 3.63) is 29.8 Å². The van der Waals surface area contributed by atoms with Crippen molar-refractivity contribution in [2.45, 2.75) is 49.4 Å². The van der Waals surface area contributed by atoms with Crippen LogP contribution in [-0.4, -0.2) is 32.5 Å². The predicted molar refractivity (Wildman–Crippen MR) is 77.9 cm³/mol. The minimum atomic E-state index is -3.37. The summed E-state index contributed by atoms with van der Waals surface area (Å²) in [6, 6.07) is 6.83. The van der Waals surface area contributed by atoms with Crippen LogP contribution in [0.4, 0.5) is 4.79 Å². The zero-order chi connectivity index (χ0) is 15.5. The van der Waals surface area contributed by atoms with E-state index in [1.807, 2.05) is 6.92 Å². The highest BCUT2D eigenvalue weighted by molar-refractivity contribution is 7.92. The maximum Gasteiger partial charge on any atom is 0.508 e. The monoisotopic (exact) mass is 312 g/mol. The van der Waals surface area contributed by atoms with Crippen LogP contribution in [0, 0.1) is 6.92 Å². The van der Waals surface area contributed by atoms with Gasteiger partial charge in [0.1, 0.15) is 6.10 Å². The lowest BCUT2D eigenvalue weighted by Crippen LogP contribution is -2.21. The van der Waals surface area contributed by atoms with Crippen molar-refractivity contribution in [1.82, 2.24) is 0 Å². The second-order valence-electron chi connectivity index (χ2n) is 5.22. The summed E-state index contributed by atoms with van der Waals surface area (Å²) < 4.78 is 34.9. The van der Waals surface area contributed by atoms with Crippen molar-refractivity contribution in [3.63, 3.8) is 0 Å². The summed E-state index contributed by atoms with van der Waals surface area (Å²) in [6.07, 6.45) is 0.273. The molecule has 1 fully saturated rings. The third-order valence-corrected chi connectivity index (χ3v) is 5.88. The normalized spacial score (nSPS) is 22.0. The summed E-state index contributed by atoms with van der Waals surface area (Å²) in [5.41, 5.74) is 1.02. The SMILES string of the molecule is CCOC(=O)O[C@@H]1CC[C@H](S(=O)(=O)c2ccc(C)cc2)C1. The Balaban J connectivity index is 2.03. The fraction of sp³-hybridized carbons (Fsp3) is 0.533. The van der Waals surface area contributed by atoms with Gasteiger partial charge in [-0.15, -0.1) is 0 Å². The molecule has 0 amide bonds. The molecule has 1 aliphatic carbocycles. The van der Waals surface area contributed by atoms with E-state index in [2.05, 4.69) is 0 Å². The first-order valence-corrected chi connectivity index (χ1v) is 8.62. The molecule has 0 spiro atoms. The molecule has 0 aliphatic heterocycles. The second-order valence-corrected chi connectivity index (χ2v) is 7.44. The van der Waals surface area contributed by atoms with Gasteiger partial charge in [-0.2, -0.15) is 0 Å². The third-order valence-electron chi connectivity index (χ3n) is 3.65. The first kappa shape index (κ1) is 15.8. The van der Waals surface area contributed by atoms with Crippen molar-refractivity contribution in [2.24, 2.45) is 0 Å². The molecule has 5 nitrogen and oxygen atoms in total. The van der Waals surface area contributed by atoms with Gasteiger partial charge in [0.2, 0.25) is 0 Å². The van der Waals surface area contributed by atoms with E-state index in [9.17, 15) is 13.2 Å². The molecule has 6 heteroatoms. The van der Waals surface area contributed by atoms with Gasteiger partial charge in [-0.05, 0) is 38.8 Å². The molecule has 0 saturated heterocycles. The maximum atomic E-state index is 12.5. The van der Waals surface area contributed by atoms with Crippen LogP contribution in [0.5, 0.6) is 0 Å². The molecule has 0 bridgehead atoms. The average molecular weight is 312 g/mol. The molecule has 0 aromatic heterocycles. The molecule has 116 valence electrons. The fourth-order valence-electron chi connectivity index (χ4n) is 2.50. The van der Waals surface area contributed by atoms with Gasteiger partial charge >= 0.3 is 6.16 Å². The van der Waals surface area contributed by atoms with Crippen LogP contribution in [0.1, 0.15) is 31.7 Å². The van der Waals surface area contributed by atoms with E-state index < -0.39 is 21.2 Å². The summed E-state index contributed by atoms with van der Waals surface area (Å²) in [6.45, 7) is 3.85. The lowest BCUT2D eigenvalue weighted by atomic mass is 10.2. The number of ether oxygens (including phenoxy) is 2. The number of sulfone groups is 1. The lowest BCUT2D eigenvalue weighted by molar-refractivity contribution is 0.0287. The molecule has 1 saturated carbocycles. The summed E-state index contributed by atoms with van der Waals surface area (Å²) in [5, 5.41) is -0.500. The van der Waals surface area contributed by atoms with E-state index in [1.165, 1.54) is 0 Å². The number of carbonyl (C=O) groups is 1. The molecule has 0 unspecified atom stereocenters. The van der Waals surface area contributed by atoms with Crippen LogP contribution >= 0.6 is 0 Å². The van der Waals surface area contributed by atoms with Crippen molar-refractivity contribution < 1.29 is 22.7 Å². The average Bonchev–Trinajstić information content (AvgIpc) is 2.88. The third kappa shape index (κ3) is 3.75. The predicted octanol–water partition coefficient (Wildman–Crippen LogP) is 2.86. The zero-order valence-electron chi connectivity index (χ0n) is 12.2. The molecule has 2 atom stereocenters. The lowest BCUT2D eigenvalue weighted by Gasteiger charge is -2.13. The molecule has 0 radical (unpaired) electrons. The molecule has 1 aliphatic rings. The van der Waals surface area contributed by atoms with Crippen LogP contribution in [0.2, 0.25) is 0 Å². The minimum absolute atomic E-state index is 0.247. The molecule has 0 heterocycles. The van der Waals surface area contributed by atoms with Gasteiger partial charge in [-0.1, -0.05) is 17.7 Å². The van der Waals surface area contributed by atoms with Gasteiger partial charge in [0.25, 0.3) is 0 Å². The number of carbonyl (C=O) groups excluding carboxylic acids is 1. The Morgan fingerprint density at radius 2 is 1.90 bits per heavy atom. The molecular formula is C15H20O5S. The van der Waals surface area contributed by atoms with Gasteiger partial charge in [-0.25, -0.2) is 13.2 Å². The smallest absolute Gasteiger partial charge is 0.435 e. The van der Waals surface area contributed by atoms with Gasteiger partial charge in [0.05, 0.1) is 16.8 Å². The molecular weight excluding hydrogens is 292 g/mol. The van der Waals surface area contributed by atoms with Gasteiger partial charge in [-0.3, -0.25) is 0 Å². The number of hydrogen-bond acceptors (Lipinski definition) is 5. The highest BCUT2D eigenvalue weighted by atomic mass is 32.2. The Morgan fingerprint density at radius 1 is 1.24 bits per heavy atom. The summed E-state index contributed by atoms with van der Waals surface area (Å²) in [7, 11) is -3.37. The van der Waals surface area contributed by atoms with Crippen molar-refractivity contribution in [1.29, 1.82) is 0 Å². The standard InChI is InChI=1S/C15H20O5S/c1-3-19-15(16)20-12-6-9-14(10-12)21(17,18)13-7-4-11(2)5-8-13/h4-5,7-8,12,14H,3,6,9-10H2,1-2H3/t12-,14+/m1/s1. The largest absolute Gasteiger partial charge is 0.508 e. The van der Waals surface area contributed by atoms with Crippen molar-refractivity contribution in [3.8, 4) is 0 Å². The number of rotatable bonds is 4. The van der Waals surface area contributed by atoms with Crippen molar-refractivity contribution >= 4 is 16.0 Å². The van der Waals surface area contributed by atoms with Crippen LogP contribution in [0.25, 0.3) is 0 Å². The first-order chi connectivity index (χ1) is 9.93. The molecule has 2 rings (SSSR count). The van der Waals surface area contributed by atoms with Gasteiger partial charge in [0.15, 0.2) is 9.84 Å². The topological polar surface area (TPSA) is 69.7 Å². The summed E-state index contributed by atoms with van der Waals surface area (Å²) >= 11 is 0. The molecule has 1 aromatic carbocycles. The van der Waals surface area contributed by atoms with Gasteiger partial charge in [0, 0.05) is 6.42 Å². The molecule has 21 heavy (non-hydrogen) atoms. The van der Waals surface area contributed by atoms with Crippen LogP contribution in [-0.2, 0) is 19.3 Å².